The van der Waals surface area contributed by atoms with E-state index in [-0.39, 0.29) is 0 Å². The summed E-state index contributed by atoms with van der Waals surface area (Å²) in [7, 11) is 0. The molecule has 0 heterocycles. The summed E-state index contributed by atoms with van der Waals surface area (Å²) in [6.07, 6.45) is 15.4. The second-order valence-corrected chi connectivity index (χ2v) is 10.6. The van der Waals surface area contributed by atoms with Gasteiger partial charge in [-0.05, 0) is 110 Å². The smallest absolute Gasteiger partial charge is 0.00589 e. The van der Waals surface area contributed by atoms with Crippen LogP contribution in [-0.2, 0) is 5.41 Å². The van der Waals surface area contributed by atoms with E-state index in [2.05, 4.69) is 78.9 Å². The largest absolute Gasteiger partial charge is 0.0844 e. The fourth-order valence-electron chi connectivity index (χ4n) is 6.48. The average Bonchev–Trinajstić information content (AvgIpc) is 2.90. The molecule has 1 aromatic rings. The monoisotopic (exact) mass is 456 g/mol. The van der Waals surface area contributed by atoms with Crippen LogP contribution in [0.1, 0.15) is 69.4 Å². The van der Waals surface area contributed by atoms with Gasteiger partial charge in [0, 0.05) is 0 Å². The van der Waals surface area contributed by atoms with Gasteiger partial charge in [0.1, 0.15) is 0 Å². The van der Waals surface area contributed by atoms with Crippen molar-refractivity contribution in [2.24, 2.45) is 17.8 Å². The summed E-state index contributed by atoms with van der Waals surface area (Å²) in [5.74, 6) is 3.12. The van der Waals surface area contributed by atoms with Crippen LogP contribution in [0.2, 0.25) is 0 Å². The molecule has 4 aliphatic rings. The van der Waals surface area contributed by atoms with Crippen LogP contribution in [-0.4, -0.2) is 0 Å². The summed E-state index contributed by atoms with van der Waals surface area (Å²) in [4.78, 5) is 0. The predicted molar refractivity (Wildman–Crippen MR) is 119 cm³/mol. The van der Waals surface area contributed by atoms with E-state index in [4.69, 9.17) is 0 Å². The highest BCUT2D eigenvalue weighted by atomic mass is 127. The van der Waals surface area contributed by atoms with Gasteiger partial charge >= 0.3 is 0 Å². The molecule has 0 radical (unpaired) electrons. The van der Waals surface area contributed by atoms with Crippen LogP contribution in [0, 0.1) is 17.8 Å². The third kappa shape index (κ3) is 2.52. The Balaban J connectivity index is 1.47. The summed E-state index contributed by atoms with van der Waals surface area (Å²) < 4.78 is 1.63. The van der Waals surface area contributed by atoms with Crippen molar-refractivity contribution in [2.75, 3.05) is 0 Å². The Labute approximate surface area is 172 Å². The number of allylic oxidation sites excluding steroid dienone is 6. The molecule has 1 heteroatoms. The molecule has 0 spiro atoms. The van der Waals surface area contributed by atoms with Crippen molar-refractivity contribution in [2.45, 2.75) is 63.7 Å². The zero-order valence-electron chi connectivity index (χ0n) is 16.0. The molecule has 0 aromatic heterocycles. The Hall–Kier alpha value is -0.830. The zero-order chi connectivity index (χ0) is 17.9. The summed E-state index contributed by atoms with van der Waals surface area (Å²) >= 11 is 2.61. The summed E-state index contributed by atoms with van der Waals surface area (Å²) in [6, 6.07) is 9.27. The number of fused-ring (bicyclic) bond motifs is 4. The van der Waals surface area contributed by atoms with Crippen molar-refractivity contribution in [1.82, 2.24) is 0 Å². The first-order chi connectivity index (χ1) is 12.6. The molecule has 0 aliphatic heterocycles. The maximum Gasteiger partial charge on any atom is -0.00589 e. The number of rotatable bonds is 1. The lowest BCUT2D eigenvalue weighted by molar-refractivity contribution is 0.261. The third-order valence-electron chi connectivity index (χ3n) is 7.85. The van der Waals surface area contributed by atoms with E-state index in [0.29, 0.717) is 5.41 Å². The fourth-order valence-corrected chi connectivity index (χ4v) is 7.37. The number of halogens is 1. The SMILES string of the molecule is CC1(C)c2ccccc2C2CC=C(C3CCC(I)=C4C=CCCC43)CC21. The Morgan fingerprint density at radius 1 is 1.04 bits per heavy atom. The summed E-state index contributed by atoms with van der Waals surface area (Å²) in [5.41, 5.74) is 7.04. The molecule has 4 aliphatic carbocycles. The van der Waals surface area contributed by atoms with Crippen LogP contribution in [0.5, 0.6) is 0 Å². The number of benzene rings is 1. The maximum atomic E-state index is 2.66. The molecular weight excluding hydrogens is 427 g/mol. The van der Waals surface area contributed by atoms with Crippen molar-refractivity contribution in [3.63, 3.8) is 0 Å². The Kier molecular flexibility index (Phi) is 4.23. The Morgan fingerprint density at radius 2 is 1.88 bits per heavy atom. The first-order valence-electron chi connectivity index (χ1n) is 10.4. The van der Waals surface area contributed by atoms with E-state index in [9.17, 15) is 0 Å². The highest BCUT2D eigenvalue weighted by Gasteiger charge is 2.48. The second-order valence-electron chi connectivity index (χ2n) is 9.33. The highest BCUT2D eigenvalue weighted by Crippen LogP contribution is 2.58. The minimum absolute atomic E-state index is 0.314. The highest BCUT2D eigenvalue weighted by molar-refractivity contribution is 14.1. The van der Waals surface area contributed by atoms with Gasteiger partial charge in [0.25, 0.3) is 0 Å². The minimum atomic E-state index is 0.314. The molecule has 26 heavy (non-hydrogen) atoms. The van der Waals surface area contributed by atoms with Crippen molar-refractivity contribution >= 4 is 22.6 Å². The van der Waals surface area contributed by atoms with Gasteiger partial charge < -0.3 is 0 Å². The van der Waals surface area contributed by atoms with Crippen LogP contribution >= 0.6 is 22.6 Å². The molecule has 0 fully saturated rings. The molecule has 0 bridgehead atoms. The molecule has 4 unspecified atom stereocenters. The van der Waals surface area contributed by atoms with Crippen molar-refractivity contribution < 1.29 is 0 Å². The Morgan fingerprint density at radius 3 is 2.77 bits per heavy atom. The quantitative estimate of drug-likeness (QED) is 0.304. The van der Waals surface area contributed by atoms with Gasteiger partial charge in [-0.2, -0.15) is 0 Å². The fraction of sp³-hybridized carbons (Fsp3) is 0.520. The Bertz CT molecular complexity index is 822. The third-order valence-corrected chi connectivity index (χ3v) is 9.01. The van der Waals surface area contributed by atoms with Crippen molar-refractivity contribution in [1.29, 1.82) is 0 Å². The molecule has 5 rings (SSSR count). The van der Waals surface area contributed by atoms with Crippen LogP contribution < -0.4 is 0 Å². The van der Waals surface area contributed by atoms with Gasteiger partial charge in [-0.3, -0.25) is 0 Å². The van der Waals surface area contributed by atoms with Gasteiger partial charge in [0.15, 0.2) is 0 Å². The zero-order valence-corrected chi connectivity index (χ0v) is 18.1. The lowest BCUT2D eigenvalue weighted by atomic mass is 9.63. The first kappa shape index (κ1) is 17.3. The van der Waals surface area contributed by atoms with Crippen molar-refractivity contribution in [3.8, 4) is 0 Å². The lowest BCUT2D eigenvalue weighted by Gasteiger charge is -2.42. The maximum absolute atomic E-state index is 2.66. The second kappa shape index (κ2) is 6.36. The summed E-state index contributed by atoms with van der Waals surface area (Å²) in [6.45, 7) is 5.00. The van der Waals surface area contributed by atoms with E-state index in [1.165, 1.54) is 38.5 Å². The summed E-state index contributed by atoms with van der Waals surface area (Å²) in [5, 5.41) is 0. The lowest BCUT2D eigenvalue weighted by Crippen LogP contribution is -2.32. The van der Waals surface area contributed by atoms with Crippen LogP contribution in [0.4, 0.5) is 0 Å². The van der Waals surface area contributed by atoms with Gasteiger partial charge in [-0.25, -0.2) is 0 Å². The van der Waals surface area contributed by atoms with E-state index >= 15 is 0 Å². The van der Waals surface area contributed by atoms with E-state index in [1.54, 1.807) is 25.9 Å². The van der Waals surface area contributed by atoms with E-state index in [0.717, 1.165) is 23.7 Å². The van der Waals surface area contributed by atoms with E-state index in [1.807, 2.05) is 0 Å². The van der Waals surface area contributed by atoms with Crippen molar-refractivity contribution in [3.05, 3.63) is 68.3 Å². The van der Waals surface area contributed by atoms with Gasteiger partial charge in [-0.1, -0.05) is 61.9 Å². The molecule has 0 saturated heterocycles. The van der Waals surface area contributed by atoms with Gasteiger partial charge in [-0.15, -0.1) is 0 Å². The topological polar surface area (TPSA) is 0 Å². The molecule has 136 valence electrons. The van der Waals surface area contributed by atoms with E-state index < -0.39 is 0 Å². The molecule has 0 amide bonds. The molecule has 1 aromatic carbocycles. The molecular formula is C25H29I. The molecule has 4 atom stereocenters. The molecule has 0 saturated carbocycles. The predicted octanol–water partition coefficient (Wildman–Crippen LogP) is 7.46. The van der Waals surface area contributed by atoms with Crippen LogP contribution in [0.3, 0.4) is 0 Å². The molecule has 0 nitrogen and oxygen atoms in total. The molecule has 0 N–H and O–H groups in total. The van der Waals surface area contributed by atoms with Crippen LogP contribution in [0.15, 0.2) is 57.2 Å². The van der Waals surface area contributed by atoms with Crippen LogP contribution in [0.25, 0.3) is 0 Å². The minimum Gasteiger partial charge on any atom is -0.0844 e. The first-order valence-corrected chi connectivity index (χ1v) is 11.5. The standard InChI is InChI=1S/C25H29I/c1-25(2)22-10-6-5-8-19(22)20-12-11-16(15-23(20)25)17-13-14-24(26)21-9-4-3-7-18(17)21/h4-6,8-11,17-18,20,23H,3,7,12-15H2,1-2H3. The number of hydrogen-bond donors (Lipinski definition) is 0. The average molecular weight is 456 g/mol. The van der Waals surface area contributed by atoms with Gasteiger partial charge in [0.05, 0.1) is 0 Å². The van der Waals surface area contributed by atoms with Gasteiger partial charge in [0.2, 0.25) is 0 Å². The number of hydrogen-bond acceptors (Lipinski definition) is 0. The normalized spacial score (nSPS) is 34.8.